The highest BCUT2D eigenvalue weighted by Gasteiger charge is 2.06. The summed E-state index contributed by atoms with van der Waals surface area (Å²) in [5.74, 6) is 0. The maximum Gasteiger partial charge on any atom is 0.0516 e. The first-order valence-electron chi connectivity index (χ1n) is 5.37. The Kier molecular flexibility index (Phi) is 4.62. The quantitative estimate of drug-likeness (QED) is 0.830. The molecule has 2 rings (SSSR count). The fourth-order valence-electron chi connectivity index (χ4n) is 1.59. The summed E-state index contributed by atoms with van der Waals surface area (Å²) >= 11 is 11.1. The van der Waals surface area contributed by atoms with Crippen molar-refractivity contribution in [1.29, 1.82) is 0 Å². The Morgan fingerprint density at radius 1 is 1.41 bits per heavy atom. The second-order valence-electron chi connectivity index (χ2n) is 3.89. The van der Waals surface area contributed by atoms with E-state index in [1.165, 1.54) is 10.4 Å². The second-order valence-corrected chi connectivity index (χ2v) is 6.24. The fourth-order valence-corrected chi connectivity index (χ4v) is 3.03. The Morgan fingerprint density at radius 2 is 2.24 bits per heavy atom. The van der Waals surface area contributed by atoms with Gasteiger partial charge in [0, 0.05) is 27.3 Å². The summed E-state index contributed by atoms with van der Waals surface area (Å²) in [6.45, 7) is 3.02. The molecule has 0 radical (unpaired) electrons. The van der Waals surface area contributed by atoms with Gasteiger partial charge in [-0.15, -0.1) is 11.3 Å². The van der Waals surface area contributed by atoms with E-state index in [4.69, 9.17) is 11.6 Å². The molecule has 1 atom stereocenters. The molecule has 0 bridgehead atoms. The smallest absolute Gasteiger partial charge is 0.0516 e. The van der Waals surface area contributed by atoms with Gasteiger partial charge in [0.15, 0.2) is 0 Å². The van der Waals surface area contributed by atoms with Crippen LogP contribution in [0.15, 0.2) is 40.2 Å². The lowest BCUT2D eigenvalue weighted by atomic mass is 10.1. The predicted molar refractivity (Wildman–Crippen MR) is 78.7 cm³/mol. The van der Waals surface area contributed by atoms with E-state index in [2.05, 4.69) is 46.4 Å². The van der Waals surface area contributed by atoms with Gasteiger partial charge >= 0.3 is 0 Å². The average Bonchev–Trinajstić information content (AvgIpc) is 2.72. The Bertz CT molecular complexity index is 498. The van der Waals surface area contributed by atoms with Gasteiger partial charge in [0.05, 0.1) is 5.02 Å². The first-order valence-corrected chi connectivity index (χ1v) is 7.42. The van der Waals surface area contributed by atoms with Crippen molar-refractivity contribution < 1.29 is 0 Å². The van der Waals surface area contributed by atoms with Crippen LogP contribution in [0.1, 0.15) is 23.4 Å². The molecule has 0 spiro atoms. The normalized spacial score (nSPS) is 12.6. The SMILES string of the molecule is C[C@H](NCc1cc(Cl)cs1)c1cccc(Br)c1. The van der Waals surface area contributed by atoms with Crippen LogP contribution in [0.25, 0.3) is 0 Å². The van der Waals surface area contributed by atoms with Crippen molar-refractivity contribution in [3.63, 3.8) is 0 Å². The van der Waals surface area contributed by atoms with Gasteiger partial charge in [-0.25, -0.2) is 0 Å². The molecule has 0 saturated heterocycles. The molecule has 0 fully saturated rings. The molecule has 2 aromatic rings. The minimum atomic E-state index is 0.327. The number of nitrogens with one attached hydrogen (secondary N) is 1. The van der Waals surface area contributed by atoms with Crippen LogP contribution in [0, 0.1) is 0 Å². The van der Waals surface area contributed by atoms with E-state index >= 15 is 0 Å². The van der Waals surface area contributed by atoms with E-state index < -0.39 is 0 Å². The summed E-state index contributed by atoms with van der Waals surface area (Å²) in [6, 6.07) is 10.7. The Hall–Kier alpha value is -0.350. The van der Waals surface area contributed by atoms with Gasteiger partial charge < -0.3 is 5.32 Å². The van der Waals surface area contributed by atoms with Crippen LogP contribution >= 0.6 is 38.9 Å². The highest BCUT2D eigenvalue weighted by atomic mass is 79.9. The molecule has 1 N–H and O–H groups in total. The molecule has 0 aliphatic rings. The number of rotatable bonds is 4. The van der Waals surface area contributed by atoms with Crippen LogP contribution < -0.4 is 5.32 Å². The molecule has 90 valence electrons. The number of hydrogen-bond acceptors (Lipinski definition) is 2. The lowest BCUT2D eigenvalue weighted by molar-refractivity contribution is 0.578. The molecule has 0 saturated carbocycles. The third kappa shape index (κ3) is 3.81. The van der Waals surface area contributed by atoms with E-state index in [0.717, 1.165) is 16.0 Å². The third-order valence-corrected chi connectivity index (χ3v) is 4.33. The zero-order valence-corrected chi connectivity index (χ0v) is 12.6. The molecule has 0 aliphatic heterocycles. The van der Waals surface area contributed by atoms with Crippen molar-refractivity contribution in [2.75, 3.05) is 0 Å². The van der Waals surface area contributed by atoms with Gasteiger partial charge in [0.25, 0.3) is 0 Å². The molecule has 0 amide bonds. The highest BCUT2D eigenvalue weighted by molar-refractivity contribution is 9.10. The minimum absolute atomic E-state index is 0.327. The summed E-state index contributed by atoms with van der Waals surface area (Å²) in [6.07, 6.45) is 0. The molecule has 17 heavy (non-hydrogen) atoms. The predicted octanol–water partition coefficient (Wildman–Crippen LogP) is 5.01. The van der Waals surface area contributed by atoms with Gasteiger partial charge in [-0.05, 0) is 30.7 Å². The van der Waals surface area contributed by atoms with Crippen molar-refractivity contribution in [1.82, 2.24) is 5.32 Å². The van der Waals surface area contributed by atoms with E-state index in [1.807, 2.05) is 17.5 Å². The zero-order valence-electron chi connectivity index (χ0n) is 9.41. The van der Waals surface area contributed by atoms with Gasteiger partial charge in [-0.3, -0.25) is 0 Å². The van der Waals surface area contributed by atoms with Crippen LogP contribution in [-0.2, 0) is 6.54 Å². The average molecular weight is 331 g/mol. The van der Waals surface area contributed by atoms with Crippen LogP contribution in [0.2, 0.25) is 5.02 Å². The van der Waals surface area contributed by atoms with Crippen molar-refractivity contribution in [3.8, 4) is 0 Å². The highest BCUT2D eigenvalue weighted by Crippen LogP contribution is 2.21. The topological polar surface area (TPSA) is 12.0 Å². The van der Waals surface area contributed by atoms with Crippen LogP contribution in [0.4, 0.5) is 0 Å². The zero-order chi connectivity index (χ0) is 12.3. The maximum absolute atomic E-state index is 5.89. The standard InChI is InChI=1S/C13H13BrClNS/c1-9(10-3-2-4-11(14)5-10)16-7-13-6-12(15)8-17-13/h2-6,8-9,16H,7H2,1H3/t9-/m0/s1. The molecule has 4 heteroatoms. The monoisotopic (exact) mass is 329 g/mol. The molecule has 1 aromatic heterocycles. The molecular weight excluding hydrogens is 318 g/mol. The first kappa shape index (κ1) is 13.1. The van der Waals surface area contributed by atoms with Gasteiger partial charge in [-0.2, -0.15) is 0 Å². The Balaban J connectivity index is 1.95. The molecule has 1 heterocycles. The number of hydrogen-bond donors (Lipinski definition) is 1. The second kappa shape index (κ2) is 6.01. The maximum atomic E-state index is 5.89. The molecule has 1 aromatic carbocycles. The number of benzene rings is 1. The summed E-state index contributed by atoms with van der Waals surface area (Å²) in [4.78, 5) is 1.26. The minimum Gasteiger partial charge on any atom is -0.305 e. The Morgan fingerprint density at radius 3 is 2.88 bits per heavy atom. The van der Waals surface area contributed by atoms with E-state index in [9.17, 15) is 0 Å². The summed E-state index contributed by atoms with van der Waals surface area (Å²) in [7, 11) is 0. The van der Waals surface area contributed by atoms with E-state index in [-0.39, 0.29) is 0 Å². The summed E-state index contributed by atoms with van der Waals surface area (Å²) in [5, 5.41) is 6.27. The Labute approximate surface area is 119 Å². The van der Waals surface area contributed by atoms with Gasteiger partial charge in [-0.1, -0.05) is 39.7 Å². The fraction of sp³-hybridized carbons (Fsp3) is 0.231. The van der Waals surface area contributed by atoms with Crippen molar-refractivity contribution in [3.05, 3.63) is 55.6 Å². The number of thiophene rings is 1. The van der Waals surface area contributed by atoms with E-state index in [1.54, 1.807) is 11.3 Å². The van der Waals surface area contributed by atoms with Crippen LogP contribution in [-0.4, -0.2) is 0 Å². The molecule has 0 aliphatic carbocycles. The summed E-state index contributed by atoms with van der Waals surface area (Å²) in [5.41, 5.74) is 1.28. The van der Waals surface area contributed by atoms with Crippen molar-refractivity contribution in [2.24, 2.45) is 0 Å². The van der Waals surface area contributed by atoms with Crippen LogP contribution in [0.3, 0.4) is 0 Å². The summed E-state index contributed by atoms with van der Waals surface area (Å²) < 4.78 is 1.11. The van der Waals surface area contributed by atoms with Gasteiger partial charge in [0.2, 0.25) is 0 Å². The molecule has 0 unspecified atom stereocenters. The van der Waals surface area contributed by atoms with Gasteiger partial charge in [0.1, 0.15) is 0 Å². The lowest BCUT2D eigenvalue weighted by Gasteiger charge is -2.13. The lowest BCUT2D eigenvalue weighted by Crippen LogP contribution is -2.17. The third-order valence-electron chi connectivity index (χ3n) is 2.55. The number of halogens is 2. The van der Waals surface area contributed by atoms with Crippen LogP contribution in [0.5, 0.6) is 0 Å². The van der Waals surface area contributed by atoms with Crippen molar-refractivity contribution >= 4 is 38.9 Å². The first-order chi connectivity index (χ1) is 8.15. The molecule has 1 nitrogen and oxygen atoms in total. The molecular formula is C13H13BrClNS. The van der Waals surface area contributed by atoms with E-state index in [0.29, 0.717) is 6.04 Å². The largest absolute Gasteiger partial charge is 0.305 e. The van der Waals surface area contributed by atoms with Crippen molar-refractivity contribution in [2.45, 2.75) is 19.5 Å².